The minimum atomic E-state index is -1.53. The van der Waals surface area contributed by atoms with Gasteiger partial charge in [0.05, 0.1) is 32.7 Å². The van der Waals surface area contributed by atoms with E-state index in [0.29, 0.717) is 42.0 Å². The minimum Gasteiger partial charge on any atom is -0.490 e. The van der Waals surface area contributed by atoms with Crippen molar-refractivity contribution in [2.45, 2.75) is 59.2 Å². The van der Waals surface area contributed by atoms with Crippen LogP contribution in [0.4, 0.5) is 23.5 Å². The van der Waals surface area contributed by atoms with E-state index in [1.165, 1.54) is 12.4 Å². The number of aromatic nitrogens is 4. The number of halogens is 2. The van der Waals surface area contributed by atoms with Crippen LogP contribution in [0.25, 0.3) is 0 Å². The van der Waals surface area contributed by atoms with Crippen molar-refractivity contribution < 1.29 is 28.5 Å². The first-order chi connectivity index (χ1) is 23.5. The molecule has 9 N–H and O–H groups in total. The lowest BCUT2D eigenvalue weighted by Crippen LogP contribution is -2.27. The number of rotatable bonds is 14. The fraction of sp³-hybridized carbons (Fsp3) is 0.394. The monoisotopic (exact) mass is 932 g/mol. The molecule has 17 heteroatoms. The minimum absolute atomic E-state index is 0.0371. The molecule has 0 amide bonds. The maximum absolute atomic E-state index is 8.91. The van der Waals surface area contributed by atoms with Crippen molar-refractivity contribution in [3.8, 4) is 34.5 Å². The number of hydrogen-bond acceptors (Lipinski definition) is 14. The van der Waals surface area contributed by atoms with E-state index < -0.39 is 8.32 Å². The lowest BCUT2D eigenvalue weighted by Gasteiger charge is -2.19. The summed E-state index contributed by atoms with van der Waals surface area (Å²) in [7, 11) is -1.53. The van der Waals surface area contributed by atoms with Gasteiger partial charge >= 0.3 is 0 Å². The van der Waals surface area contributed by atoms with Gasteiger partial charge in [0.1, 0.15) is 36.2 Å². The molecule has 0 atom stereocenters. The van der Waals surface area contributed by atoms with Crippen LogP contribution in [-0.4, -0.2) is 59.8 Å². The van der Waals surface area contributed by atoms with Crippen LogP contribution in [0.2, 0.25) is 19.6 Å². The highest BCUT2D eigenvalue weighted by molar-refractivity contribution is 14.1. The van der Waals surface area contributed by atoms with E-state index in [1.54, 1.807) is 0 Å². The van der Waals surface area contributed by atoms with Crippen LogP contribution in [0.1, 0.15) is 50.7 Å². The fourth-order valence-corrected chi connectivity index (χ4v) is 6.13. The predicted molar refractivity (Wildman–Crippen MR) is 216 cm³/mol. The van der Waals surface area contributed by atoms with Crippen LogP contribution in [-0.2, 0) is 4.43 Å². The summed E-state index contributed by atoms with van der Waals surface area (Å²) in [5.41, 5.74) is 24.7. The molecule has 14 nitrogen and oxygen atoms in total. The van der Waals surface area contributed by atoms with Crippen LogP contribution in [0.5, 0.6) is 34.5 Å². The van der Waals surface area contributed by atoms with Gasteiger partial charge in [-0.2, -0.15) is 9.97 Å². The normalized spacial score (nSPS) is 11.3. The third-order valence-electron chi connectivity index (χ3n) is 6.64. The van der Waals surface area contributed by atoms with Gasteiger partial charge in [0, 0.05) is 11.1 Å². The molecule has 2 aromatic carbocycles. The Morgan fingerprint density at radius 2 is 1.06 bits per heavy atom. The maximum Gasteiger partial charge on any atom is 0.222 e. The van der Waals surface area contributed by atoms with Gasteiger partial charge in [0.2, 0.25) is 11.9 Å². The van der Waals surface area contributed by atoms with Gasteiger partial charge in [0.25, 0.3) is 0 Å². The molecule has 0 aliphatic rings. The Morgan fingerprint density at radius 3 is 1.42 bits per heavy atom. The highest BCUT2D eigenvalue weighted by atomic mass is 127. The molecule has 0 saturated carbocycles. The van der Waals surface area contributed by atoms with Gasteiger partial charge in [0.15, 0.2) is 31.5 Å². The molecule has 0 radical (unpaired) electrons. The van der Waals surface area contributed by atoms with Crippen molar-refractivity contribution >= 4 is 77.0 Å². The number of benzene rings is 2. The van der Waals surface area contributed by atoms with Crippen LogP contribution >= 0.6 is 45.2 Å². The fourth-order valence-electron chi connectivity index (χ4n) is 4.25. The van der Waals surface area contributed by atoms with Crippen LogP contribution < -0.4 is 41.9 Å². The van der Waals surface area contributed by atoms with Crippen molar-refractivity contribution in [1.29, 1.82) is 0 Å². The Balaban J connectivity index is 0.000000274. The Hall–Kier alpha value is -3.40. The highest BCUT2D eigenvalue weighted by Gasteiger charge is 2.18. The topological polar surface area (TPSA) is 222 Å². The number of nitrogen functional groups attached to an aromatic ring is 4. The molecule has 0 aliphatic heterocycles. The molecule has 0 fully saturated rings. The second kappa shape index (κ2) is 18.7. The van der Waals surface area contributed by atoms with Gasteiger partial charge < -0.3 is 51.4 Å². The molecule has 0 saturated heterocycles. The van der Waals surface area contributed by atoms with Crippen LogP contribution in [0.3, 0.4) is 0 Å². The van der Waals surface area contributed by atoms with Gasteiger partial charge in [-0.3, -0.25) is 0 Å². The van der Waals surface area contributed by atoms with E-state index in [-0.39, 0.29) is 48.6 Å². The van der Waals surface area contributed by atoms with E-state index in [2.05, 4.69) is 98.6 Å². The van der Waals surface area contributed by atoms with E-state index >= 15 is 0 Å². The van der Waals surface area contributed by atoms with E-state index in [0.717, 1.165) is 24.0 Å². The zero-order valence-corrected chi connectivity index (χ0v) is 34.6. The maximum atomic E-state index is 8.91. The van der Waals surface area contributed by atoms with E-state index in [1.807, 2.05) is 38.1 Å². The van der Waals surface area contributed by atoms with Crippen molar-refractivity contribution in [3.05, 3.63) is 54.9 Å². The quantitative estimate of drug-likeness (QED) is 0.0492. The zero-order valence-electron chi connectivity index (χ0n) is 29.3. The molecule has 4 aromatic rings. The summed E-state index contributed by atoms with van der Waals surface area (Å²) in [4.78, 5) is 15.7. The summed E-state index contributed by atoms with van der Waals surface area (Å²) in [6, 6.07) is 7.70. The summed E-state index contributed by atoms with van der Waals surface area (Å²) in [5.74, 6) is 4.62. The Kier molecular flexibility index (Phi) is 15.4. The SMILES string of the molecule is CC(C)c1cc(OCCO)c(I)cc1Oc1cnc(N)nc1N.CC(C)c1cc(OCCO[Si](C)(C)C)c(I)cc1Oc1cnc(N)nc1N. The van der Waals surface area contributed by atoms with Crippen molar-refractivity contribution in [2.75, 3.05) is 49.4 Å². The van der Waals surface area contributed by atoms with Crippen molar-refractivity contribution in [3.63, 3.8) is 0 Å². The number of nitrogens with two attached hydrogens (primary N) is 4. The molecule has 0 aliphatic carbocycles. The smallest absolute Gasteiger partial charge is 0.222 e. The van der Waals surface area contributed by atoms with Gasteiger partial charge in [-0.15, -0.1) is 0 Å². The molecule has 2 heterocycles. The Labute approximate surface area is 321 Å². The molecule has 50 heavy (non-hydrogen) atoms. The van der Waals surface area contributed by atoms with Gasteiger partial charge in [-0.1, -0.05) is 27.7 Å². The molecule has 2 aromatic heterocycles. The predicted octanol–water partition coefficient (Wildman–Crippen LogP) is 6.92. The standard InChI is InChI=1S/C18H27IN4O3Si.C15H19IN4O3/c1-11(2)12-8-15(24-6-7-25-27(3,4)5)13(19)9-14(12)26-16-10-22-18(21)23-17(16)20;1-8(2)9-5-12(22-4-3-21)10(16)6-11(9)23-13-7-19-15(18)20-14(13)17/h8-11H,6-7H2,1-5H3,(H4,20,21,22,23);5-8,21H,3-4H2,1-2H3,(H4,17,18,19,20). The molecule has 272 valence electrons. The molecule has 0 unspecified atom stereocenters. The molecular formula is C33H46I2N8O6Si. The number of hydrogen-bond donors (Lipinski definition) is 5. The average Bonchev–Trinajstić information content (AvgIpc) is 3.02. The van der Waals surface area contributed by atoms with Crippen molar-refractivity contribution in [2.24, 2.45) is 0 Å². The summed E-state index contributed by atoms with van der Waals surface area (Å²) >= 11 is 4.38. The lowest BCUT2D eigenvalue weighted by atomic mass is 10.0. The average molecular weight is 933 g/mol. The lowest BCUT2D eigenvalue weighted by molar-refractivity contribution is 0.200. The van der Waals surface area contributed by atoms with Crippen LogP contribution in [0.15, 0.2) is 36.7 Å². The summed E-state index contributed by atoms with van der Waals surface area (Å²) < 4.78 is 31.0. The number of nitrogens with zero attached hydrogens (tertiary/aromatic N) is 4. The molecule has 0 bridgehead atoms. The first kappa shape index (κ1) is 41.0. The summed E-state index contributed by atoms with van der Waals surface area (Å²) in [6.07, 6.45) is 2.93. The highest BCUT2D eigenvalue weighted by Crippen LogP contribution is 2.39. The van der Waals surface area contributed by atoms with Crippen molar-refractivity contribution in [1.82, 2.24) is 19.9 Å². The molecule has 4 rings (SSSR count). The molecule has 0 spiro atoms. The second-order valence-corrected chi connectivity index (χ2v) is 19.3. The zero-order chi connectivity index (χ0) is 37.2. The Morgan fingerprint density at radius 1 is 0.640 bits per heavy atom. The third kappa shape index (κ3) is 12.4. The second-order valence-electron chi connectivity index (χ2n) is 12.5. The largest absolute Gasteiger partial charge is 0.490 e. The first-order valence-electron chi connectivity index (χ1n) is 15.8. The first-order valence-corrected chi connectivity index (χ1v) is 21.3. The summed E-state index contributed by atoms with van der Waals surface area (Å²) in [5, 5.41) is 8.91. The summed E-state index contributed by atoms with van der Waals surface area (Å²) in [6.45, 7) is 16.1. The molecular weight excluding hydrogens is 886 g/mol. The van der Waals surface area contributed by atoms with E-state index in [4.69, 9.17) is 51.4 Å². The number of anilines is 4. The van der Waals surface area contributed by atoms with E-state index in [9.17, 15) is 0 Å². The van der Waals surface area contributed by atoms with Gasteiger partial charge in [-0.05, 0) is 101 Å². The van der Waals surface area contributed by atoms with Crippen LogP contribution in [0, 0.1) is 7.14 Å². The number of aliphatic hydroxyl groups excluding tert-OH is 1. The number of ether oxygens (including phenoxy) is 4. The Bertz CT molecular complexity index is 1740. The van der Waals surface area contributed by atoms with Gasteiger partial charge in [-0.25, -0.2) is 9.97 Å². The number of aliphatic hydroxyl groups is 1. The third-order valence-corrected chi connectivity index (χ3v) is 9.40.